The molecular formula is C6H6N2O4S. The summed E-state index contributed by atoms with van der Waals surface area (Å²) in [7, 11) is -3.78. The normalized spacial score (nSPS) is 10.8. The van der Waals surface area contributed by atoms with E-state index < -0.39 is 16.1 Å². The molecule has 0 unspecified atom stereocenters. The van der Waals surface area contributed by atoms with Gasteiger partial charge in [-0.2, -0.15) is 8.42 Å². The standard InChI is InChI=1S/C6H6N2O4S/c1-13(10,11)12-6(9)5-2-3-7-4-8-5/h2-4H,1H3. The summed E-state index contributed by atoms with van der Waals surface area (Å²) in [6, 6.07) is 1.26. The van der Waals surface area contributed by atoms with Gasteiger partial charge in [0.2, 0.25) is 0 Å². The molecule has 0 bridgehead atoms. The van der Waals surface area contributed by atoms with Crippen molar-refractivity contribution in [3.8, 4) is 0 Å². The Bertz CT molecular complexity index is 400. The molecule has 0 aliphatic rings. The lowest BCUT2D eigenvalue weighted by atomic mass is 10.4. The summed E-state index contributed by atoms with van der Waals surface area (Å²) >= 11 is 0. The minimum Gasteiger partial charge on any atom is -0.340 e. The van der Waals surface area contributed by atoms with Gasteiger partial charge in [-0.15, -0.1) is 0 Å². The Balaban J connectivity index is 2.82. The Hall–Kier alpha value is -1.50. The number of rotatable bonds is 2. The van der Waals surface area contributed by atoms with Crippen molar-refractivity contribution in [2.75, 3.05) is 6.26 Å². The van der Waals surface area contributed by atoms with Gasteiger partial charge in [0.15, 0.2) is 5.69 Å². The fourth-order valence-electron chi connectivity index (χ4n) is 0.592. The molecule has 0 N–H and O–H groups in total. The van der Waals surface area contributed by atoms with Crippen LogP contribution < -0.4 is 0 Å². The van der Waals surface area contributed by atoms with Crippen LogP contribution in [0.1, 0.15) is 10.5 Å². The van der Waals surface area contributed by atoms with E-state index >= 15 is 0 Å². The highest BCUT2D eigenvalue weighted by Gasteiger charge is 2.13. The predicted octanol–water partition coefficient (Wildman–Crippen LogP) is -0.407. The molecule has 0 radical (unpaired) electrons. The summed E-state index contributed by atoms with van der Waals surface area (Å²) in [6.45, 7) is 0. The molecule has 7 heteroatoms. The molecule has 1 heterocycles. The number of carbonyl (C=O) groups excluding carboxylic acids is 1. The van der Waals surface area contributed by atoms with Gasteiger partial charge in [0.1, 0.15) is 6.33 Å². The van der Waals surface area contributed by atoms with Crippen molar-refractivity contribution >= 4 is 16.1 Å². The molecule has 0 aromatic carbocycles. The molecule has 0 fully saturated rings. The average Bonchev–Trinajstić information content (AvgIpc) is 2.03. The van der Waals surface area contributed by atoms with Crippen molar-refractivity contribution < 1.29 is 17.4 Å². The molecule has 0 saturated carbocycles. The second-order valence-corrected chi connectivity index (χ2v) is 3.74. The van der Waals surface area contributed by atoms with Gasteiger partial charge in [0.05, 0.1) is 6.26 Å². The third-order valence-electron chi connectivity index (χ3n) is 1.02. The van der Waals surface area contributed by atoms with Crippen molar-refractivity contribution in [2.24, 2.45) is 0 Å². The Labute approximate surface area is 74.7 Å². The van der Waals surface area contributed by atoms with E-state index in [-0.39, 0.29) is 5.69 Å². The molecule has 0 spiro atoms. The highest BCUT2D eigenvalue weighted by Crippen LogP contribution is 1.98. The number of aromatic nitrogens is 2. The topological polar surface area (TPSA) is 86.2 Å². The molecule has 70 valence electrons. The molecule has 6 nitrogen and oxygen atoms in total. The van der Waals surface area contributed by atoms with Crippen molar-refractivity contribution in [1.29, 1.82) is 0 Å². The largest absolute Gasteiger partial charge is 0.372 e. The maximum Gasteiger partial charge on any atom is 0.372 e. The van der Waals surface area contributed by atoms with E-state index in [0.29, 0.717) is 0 Å². The van der Waals surface area contributed by atoms with Crippen LogP contribution in [0.4, 0.5) is 0 Å². The van der Waals surface area contributed by atoms with Crippen LogP contribution >= 0.6 is 0 Å². The zero-order valence-electron chi connectivity index (χ0n) is 6.67. The number of carbonyl (C=O) groups is 1. The zero-order chi connectivity index (χ0) is 9.90. The van der Waals surface area contributed by atoms with Crippen LogP contribution in [0.5, 0.6) is 0 Å². The second-order valence-electron chi connectivity index (χ2n) is 2.17. The van der Waals surface area contributed by atoms with Gasteiger partial charge in [-0.3, -0.25) is 0 Å². The molecule has 0 aliphatic carbocycles. The number of hydrogen-bond donors (Lipinski definition) is 0. The summed E-state index contributed by atoms with van der Waals surface area (Å²) in [4.78, 5) is 18.0. The Morgan fingerprint density at radius 3 is 2.69 bits per heavy atom. The molecule has 1 aromatic heterocycles. The van der Waals surface area contributed by atoms with Crippen LogP contribution in [0.3, 0.4) is 0 Å². The first kappa shape index (κ1) is 9.59. The lowest BCUT2D eigenvalue weighted by Gasteiger charge is -1.98. The summed E-state index contributed by atoms with van der Waals surface area (Å²) in [5.74, 6) is -1.01. The maximum absolute atomic E-state index is 11.0. The van der Waals surface area contributed by atoms with E-state index in [9.17, 15) is 13.2 Å². The molecule has 0 atom stereocenters. The van der Waals surface area contributed by atoms with Crippen LogP contribution in [-0.4, -0.2) is 30.6 Å². The summed E-state index contributed by atoms with van der Waals surface area (Å²) in [6.07, 6.45) is 3.22. The Morgan fingerprint density at radius 2 is 2.23 bits per heavy atom. The quantitative estimate of drug-likeness (QED) is 0.606. The smallest absolute Gasteiger partial charge is 0.340 e. The average molecular weight is 202 g/mol. The molecular weight excluding hydrogens is 196 g/mol. The van der Waals surface area contributed by atoms with E-state index in [1.165, 1.54) is 12.3 Å². The summed E-state index contributed by atoms with van der Waals surface area (Å²) < 4.78 is 25.1. The number of hydrogen-bond acceptors (Lipinski definition) is 6. The SMILES string of the molecule is CS(=O)(=O)OC(=O)c1ccncn1. The van der Waals surface area contributed by atoms with Crippen LogP contribution in [0.15, 0.2) is 18.6 Å². The van der Waals surface area contributed by atoms with Crippen molar-refractivity contribution in [3.05, 3.63) is 24.3 Å². The number of nitrogens with zero attached hydrogens (tertiary/aromatic N) is 2. The lowest BCUT2D eigenvalue weighted by molar-refractivity contribution is 0.0742. The van der Waals surface area contributed by atoms with Crippen molar-refractivity contribution in [2.45, 2.75) is 0 Å². The Morgan fingerprint density at radius 1 is 1.54 bits per heavy atom. The van der Waals surface area contributed by atoms with Crippen LogP contribution in [-0.2, 0) is 14.3 Å². The van der Waals surface area contributed by atoms with Gasteiger partial charge in [0, 0.05) is 6.20 Å². The van der Waals surface area contributed by atoms with E-state index in [0.717, 1.165) is 12.6 Å². The second kappa shape index (κ2) is 3.48. The van der Waals surface area contributed by atoms with Gasteiger partial charge in [-0.1, -0.05) is 0 Å². The van der Waals surface area contributed by atoms with Gasteiger partial charge in [-0.25, -0.2) is 14.8 Å². The first-order valence-electron chi connectivity index (χ1n) is 3.19. The predicted molar refractivity (Wildman–Crippen MR) is 42.3 cm³/mol. The van der Waals surface area contributed by atoms with E-state index in [2.05, 4.69) is 14.2 Å². The van der Waals surface area contributed by atoms with Gasteiger partial charge >= 0.3 is 16.1 Å². The molecule has 1 rings (SSSR count). The van der Waals surface area contributed by atoms with E-state index in [1.807, 2.05) is 0 Å². The highest BCUT2D eigenvalue weighted by molar-refractivity contribution is 7.86. The van der Waals surface area contributed by atoms with Gasteiger partial charge in [0.25, 0.3) is 0 Å². The zero-order valence-corrected chi connectivity index (χ0v) is 7.48. The third-order valence-corrected chi connectivity index (χ3v) is 1.47. The van der Waals surface area contributed by atoms with Crippen LogP contribution in [0, 0.1) is 0 Å². The van der Waals surface area contributed by atoms with E-state index in [1.54, 1.807) is 0 Å². The minimum absolute atomic E-state index is 0.0968. The fraction of sp³-hybridized carbons (Fsp3) is 0.167. The molecule has 13 heavy (non-hydrogen) atoms. The van der Waals surface area contributed by atoms with Gasteiger partial charge < -0.3 is 4.18 Å². The van der Waals surface area contributed by atoms with Crippen molar-refractivity contribution in [3.63, 3.8) is 0 Å². The summed E-state index contributed by atoms with van der Waals surface area (Å²) in [5, 5.41) is 0. The van der Waals surface area contributed by atoms with Crippen LogP contribution in [0.2, 0.25) is 0 Å². The first-order valence-corrected chi connectivity index (χ1v) is 5.00. The Kier molecular flexibility index (Phi) is 2.57. The molecule has 0 saturated heterocycles. The van der Waals surface area contributed by atoms with Crippen molar-refractivity contribution in [1.82, 2.24) is 9.97 Å². The maximum atomic E-state index is 11.0. The lowest BCUT2D eigenvalue weighted by Crippen LogP contribution is -2.12. The molecule has 1 aromatic rings. The molecule has 0 amide bonds. The third kappa shape index (κ3) is 3.16. The van der Waals surface area contributed by atoms with Crippen LogP contribution in [0.25, 0.3) is 0 Å². The highest BCUT2D eigenvalue weighted by atomic mass is 32.2. The summed E-state index contributed by atoms with van der Waals surface area (Å²) in [5.41, 5.74) is -0.0968. The minimum atomic E-state index is -3.78. The van der Waals surface area contributed by atoms with E-state index in [4.69, 9.17) is 0 Å². The van der Waals surface area contributed by atoms with Gasteiger partial charge in [-0.05, 0) is 6.07 Å². The monoisotopic (exact) mass is 202 g/mol. The fourth-order valence-corrected chi connectivity index (χ4v) is 0.952. The first-order chi connectivity index (χ1) is 5.99. The molecule has 0 aliphatic heterocycles.